The maximum atomic E-state index is 11.8. The number of nitrogens with zero attached hydrogens (tertiary/aromatic N) is 1. The number of carboxylic acid groups (broad SMARTS) is 1. The van der Waals surface area contributed by atoms with E-state index in [0.29, 0.717) is 18.7 Å². The molecule has 1 saturated heterocycles. The third-order valence-corrected chi connectivity index (χ3v) is 3.51. The van der Waals surface area contributed by atoms with Crippen molar-refractivity contribution in [3.8, 4) is 0 Å². The van der Waals surface area contributed by atoms with E-state index in [1.54, 1.807) is 6.07 Å². The quantitative estimate of drug-likeness (QED) is 0.827. The van der Waals surface area contributed by atoms with Crippen molar-refractivity contribution in [3.63, 3.8) is 0 Å². The van der Waals surface area contributed by atoms with Crippen molar-refractivity contribution < 1.29 is 19.1 Å². The second-order valence-electron chi connectivity index (χ2n) is 5.02. The molecule has 1 atom stereocenters. The SMILES string of the molecule is CC(NCCC(=O)N1CCCC1)c1ccc(C(=O)O)o1. The number of amides is 1. The Labute approximate surface area is 117 Å². The van der Waals surface area contributed by atoms with Gasteiger partial charge in [0.1, 0.15) is 5.76 Å². The molecule has 1 aromatic heterocycles. The maximum absolute atomic E-state index is 11.8. The second kappa shape index (κ2) is 6.56. The monoisotopic (exact) mass is 280 g/mol. The smallest absolute Gasteiger partial charge is 0.371 e. The summed E-state index contributed by atoms with van der Waals surface area (Å²) in [4.78, 5) is 24.5. The molecule has 0 radical (unpaired) electrons. The van der Waals surface area contributed by atoms with Gasteiger partial charge in [-0.1, -0.05) is 0 Å². The van der Waals surface area contributed by atoms with E-state index in [2.05, 4.69) is 5.32 Å². The number of carbonyl (C=O) groups is 2. The highest BCUT2D eigenvalue weighted by molar-refractivity contribution is 5.84. The van der Waals surface area contributed by atoms with Crippen LogP contribution in [0.3, 0.4) is 0 Å². The van der Waals surface area contributed by atoms with Gasteiger partial charge in [-0.3, -0.25) is 4.79 Å². The summed E-state index contributed by atoms with van der Waals surface area (Å²) in [5, 5.41) is 12.0. The van der Waals surface area contributed by atoms with Gasteiger partial charge in [0, 0.05) is 26.1 Å². The number of hydrogen-bond donors (Lipinski definition) is 2. The summed E-state index contributed by atoms with van der Waals surface area (Å²) < 4.78 is 5.21. The van der Waals surface area contributed by atoms with Crippen molar-refractivity contribution in [2.24, 2.45) is 0 Å². The van der Waals surface area contributed by atoms with Crippen LogP contribution >= 0.6 is 0 Å². The van der Waals surface area contributed by atoms with Crippen LogP contribution in [-0.2, 0) is 4.79 Å². The predicted molar refractivity (Wildman–Crippen MR) is 72.5 cm³/mol. The highest BCUT2D eigenvalue weighted by atomic mass is 16.4. The fraction of sp³-hybridized carbons (Fsp3) is 0.571. The third kappa shape index (κ3) is 3.60. The molecule has 110 valence electrons. The first kappa shape index (κ1) is 14.6. The molecule has 1 amide bonds. The molecule has 1 aliphatic heterocycles. The van der Waals surface area contributed by atoms with E-state index in [9.17, 15) is 9.59 Å². The highest BCUT2D eigenvalue weighted by Crippen LogP contribution is 2.16. The standard InChI is InChI=1S/C14H20N2O4/c1-10(11-4-5-12(20-11)14(18)19)15-7-6-13(17)16-8-2-3-9-16/h4-5,10,15H,2-3,6-9H2,1H3,(H,18,19). The van der Waals surface area contributed by atoms with E-state index in [4.69, 9.17) is 9.52 Å². The number of furan rings is 1. The van der Waals surface area contributed by atoms with Crippen LogP contribution in [-0.4, -0.2) is 41.5 Å². The fourth-order valence-electron chi connectivity index (χ4n) is 2.32. The zero-order chi connectivity index (χ0) is 14.5. The molecule has 1 aromatic rings. The molecule has 1 unspecified atom stereocenters. The zero-order valence-electron chi connectivity index (χ0n) is 11.6. The summed E-state index contributed by atoms with van der Waals surface area (Å²) in [6.07, 6.45) is 2.65. The Balaban J connectivity index is 1.75. The third-order valence-electron chi connectivity index (χ3n) is 3.51. The van der Waals surface area contributed by atoms with Crippen molar-refractivity contribution >= 4 is 11.9 Å². The minimum Gasteiger partial charge on any atom is -0.475 e. The number of likely N-dealkylation sites (tertiary alicyclic amines) is 1. The number of carbonyl (C=O) groups excluding carboxylic acids is 1. The Bertz CT molecular complexity index is 477. The van der Waals surface area contributed by atoms with Crippen LogP contribution in [0.15, 0.2) is 16.5 Å². The van der Waals surface area contributed by atoms with Crippen LogP contribution in [0.25, 0.3) is 0 Å². The van der Waals surface area contributed by atoms with Gasteiger partial charge >= 0.3 is 5.97 Å². The number of carboxylic acids is 1. The van der Waals surface area contributed by atoms with Crippen molar-refractivity contribution in [1.29, 1.82) is 0 Å². The van der Waals surface area contributed by atoms with Crippen molar-refractivity contribution in [2.45, 2.75) is 32.2 Å². The summed E-state index contributed by atoms with van der Waals surface area (Å²) in [6, 6.07) is 2.96. The summed E-state index contributed by atoms with van der Waals surface area (Å²) in [6.45, 7) is 4.17. The molecule has 1 fully saturated rings. The number of nitrogens with one attached hydrogen (secondary N) is 1. The van der Waals surface area contributed by atoms with Gasteiger partial charge < -0.3 is 19.7 Å². The molecule has 0 aromatic carbocycles. The van der Waals surface area contributed by atoms with Crippen LogP contribution in [0.1, 0.15) is 48.5 Å². The van der Waals surface area contributed by atoms with Gasteiger partial charge in [-0.05, 0) is 31.9 Å². The van der Waals surface area contributed by atoms with Crippen LogP contribution in [0.2, 0.25) is 0 Å². The molecule has 0 spiro atoms. The van der Waals surface area contributed by atoms with Crippen LogP contribution in [0.4, 0.5) is 0 Å². The predicted octanol–water partition coefficient (Wildman–Crippen LogP) is 1.64. The molecule has 2 heterocycles. The molecule has 6 heteroatoms. The first-order valence-corrected chi connectivity index (χ1v) is 6.92. The van der Waals surface area contributed by atoms with E-state index < -0.39 is 5.97 Å². The van der Waals surface area contributed by atoms with Gasteiger partial charge in [-0.25, -0.2) is 4.79 Å². The molecule has 6 nitrogen and oxygen atoms in total. The van der Waals surface area contributed by atoms with E-state index in [-0.39, 0.29) is 17.7 Å². The summed E-state index contributed by atoms with van der Waals surface area (Å²) in [5.41, 5.74) is 0. The molecule has 2 N–H and O–H groups in total. The van der Waals surface area contributed by atoms with E-state index in [1.807, 2.05) is 11.8 Å². The van der Waals surface area contributed by atoms with E-state index in [1.165, 1.54) is 6.07 Å². The minimum atomic E-state index is -1.08. The Morgan fingerprint density at radius 1 is 1.40 bits per heavy atom. The Hall–Kier alpha value is -1.82. The van der Waals surface area contributed by atoms with Crippen molar-refractivity contribution in [2.75, 3.05) is 19.6 Å². The van der Waals surface area contributed by atoms with Gasteiger partial charge in [0.15, 0.2) is 0 Å². The number of hydrogen-bond acceptors (Lipinski definition) is 4. The molecule has 2 rings (SSSR count). The van der Waals surface area contributed by atoms with Crippen LogP contribution in [0, 0.1) is 0 Å². The largest absolute Gasteiger partial charge is 0.475 e. The summed E-state index contributed by atoms with van der Waals surface area (Å²) in [7, 11) is 0. The second-order valence-corrected chi connectivity index (χ2v) is 5.02. The number of rotatable bonds is 6. The van der Waals surface area contributed by atoms with Crippen LogP contribution in [0.5, 0.6) is 0 Å². The van der Waals surface area contributed by atoms with Gasteiger partial charge in [-0.15, -0.1) is 0 Å². The summed E-state index contributed by atoms with van der Waals surface area (Å²) in [5.74, 6) is -0.404. The molecule has 1 aliphatic rings. The first-order chi connectivity index (χ1) is 9.58. The minimum absolute atomic E-state index is 0.0678. The maximum Gasteiger partial charge on any atom is 0.371 e. The normalized spacial score (nSPS) is 16.4. The highest BCUT2D eigenvalue weighted by Gasteiger charge is 2.18. The summed E-state index contributed by atoms with van der Waals surface area (Å²) >= 11 is 0. The van der Waals surface area contributed by atoms with Crippen LogP contribution < -0.4 is 5.32 Å². The lowest BCUT2D eigenvalue weighted by molar-refractivity contribution is -0.130. The lowest BCUT2D eigenvalue weighted by atomic mass is 10.2. The number of aromatic carboxylic acids is 1. The lowest BCUT2D eigenvalue weighted by Crippen LogP contribution is -2.31. The molecule has 20 heavy (non-hydrogen) atoms. The van der Waals surface area contributed by atoms with Gasteiger partial charge in [0.05, 0.1) is 6.04 Å². The molecule has 0 aliphatic carbocycles. The fourth-order valence-corrected chi connectivity index (χ4v) is 2.32. The average molecular weight is 280 g/mol. The van der Waals surface area contributed by atoms with Gasteiger partial charge in [0.2, 0.25) is 11.7 Å². The Morgan fingerprint density at radius 3 is 2.70 bits per heavy atom. The zero-order valence-corrected chi connectivity index (χ0v) is 11.6. The lowest BCUT2D eigenvalue weighted by Gasteiger charge is -2.16. The van der Waals surface area contributed by atoms with E-state index >= 15 is 0 Å². The topological polar surface area (TPSA) is 82.8 Å². The molecule has 0 bridgehead atoms. The van der Waals surface area contributed by atoms with Crippen molar-refractivity contribution in [1.82, 2.24) is 10.2 Å². The Morgan fingerprint density at radius 2 is 2.10 bits per heavy atom. The average Bonchev–Trinajstić information content (AvgIpc) is 3.09. The Kier molecular flexibility index (Phi) is 4.79. The van der Waals surface area contributed by atoms with Crippen molar-refractivity contribution in [3.05, 3.63) is 23.7 Å². The van der Waals surface area contributed by atoms with E-state index in [0.717, 1.165) is 25.9 Å². The molecular weight excluding hydrogens is 260 g/mol. The van der Waals surface area contributed by atoms with Gasteiger partial charge in [0.25, 0.3) is 0 Å². The first-order valence-electron chi connectivity index (χ1n) is 6.92. The van der Waals surface area contributed by atoms with Gasteiger partial charge in [-0.2, -0.15) is 0 Å². The molecule has 0 saturated carbocycles. The molecular formula is C14H20N2O4.